The molecule has 4 rings (SSSR count). The lowest BCUT2D eigenvalue weighted by Gasteiger charge is -1.99. The molecular formula is C22H15NO3. The molecule has 0 fully saturated rings. The van der Waals surface area contributed by atoms with Gasteiger partial charge in [-0.1, -0.05) is 48.5 Å². The van der Waals surface area contributed by atoms with Crippen molar-refractivity contribution in [3.63, 3.8) is 0 Å². The maximum absolute atomic E-state index is 10.7. The van der Waals surface area contributed by atoms with Crippen LogP contribution < -0.4 is 0 Å². The third kappa shape index (κ3) is 3.26. The summed E-state index contributed by atoms with van der Waals surface area (Å²) in [6.07, 6.45) is 2.65. The van der Waals surface area contributed by atoms with E-state index in [0.29, 0.717) is 11.5 Å². The molecule has 0 amide bonds. The maximum Gasteiger partial charge on any atom is 0.328 e. The van der Waals surface area contributed by atoms with Crippen LogP contribution >= 0.6 is 0 Å². The molecule has 0 aliphatic rings. The van der Waals surface area contributed by atoms with Gasteiger partial charge in [0.2, 0.25) is 5.89 Å². The van der Waals surface area contributed by atoms with Gasteiger partial charge >= 0.3 is 5.97 Å². The minimum Gasteiger partial charge on any atom is -0.478 e. The molecule has 0 saturated carbocycles. The average Bonchev–Trinajstić information content (AvgIpc) is 3.11. The van der Waals surface area contributed by atoms with Crippen LogP contribution in [0.1, 0.15) is 5.56 Å². The van der Waals surface area contributed by atoms with Crippen LogP contribution in [0.25, 0.3) is 39.8 Å². The minimum atomic E-state index is -0.981. The summed E-state index contributed by atoms with van der Waals surface area (Å²) in [5.74, 6) is -0.471. The van der Waals surface area contributed by atoms with Crippen molar-refractivity contribution in [3.05, 3.63) is 84.4 Å². The highest BCUT2D eigenvalue weighted by atomic mass is 16.4. The Balaban J connectivity index is 1.72. The summed E-state index contributed by atoms with van der Waals surface area (Å²) in [7, 11) is 0. The van der Waals surface area contributed by atoms with Gasteiger partial charge in [0.05, 0.1) is 0 Å². The fourth-order valence-corrected chi connectivity index (χ4v) is 2.80. The second-order valence-corrected chi connectivity index (χ2v) is 5.86. The summed E-state index contributed by atoms with van der Waals surface area (Å²) in [5, 5.41) is 8.76. The Hall–Kier alpha value is -3.66. The fourth-order valence-electron chi connectivity index (χ4n) is 2.80. The van der Waals surface area contributed by atoms with Crippen molar-refractivity contribution in [1.29, 1.82) is 0 Å². The normalized spacial score (nSPS) is 11.2. The number of carboxylic acids is 1. The number of carbonyl (C=O) groups is 1. The Morgan fingerprint density at radius 1 is 0.885 bits per heavy atom. The van der Waals surface area contributed by atoms with Crippen LogP contribution in [-0.4, -0.2) is 16.1 Å². The lowest BCUT2D eigenvalue weighted by Crippen LogP contribution is -1.86. The molecule has 126 valence electrons. The number of aliphatic carboxylic acids is 1. The number of benzene rings is 3. The monoisotopic (exact) mass is 341 g/mol. The molecule has 0 aliphatic heterocycles. The van der Waals surface area contributed by atoms with E-state index in [1.165, 1.54) is 0 Å². The molecule has 0 atom stereocenters. The molecule has 4 heteroatoms. The molecule has 0 bridgehead atoms. The van der Waals surface area contributed by atoms with E-state index in [-0.39, 0.29) is 0 Å². The van der Waals surface area contributed by atoms with Crippen molar-refractivity contribution in [2.45, 2.75) is 0 Å². The maximum atomic E-state index is 10.7. The van der Waals surface area contributed by atoms with Crippen molar-refractivity contribution >= 4 is 23.1 Å². The van der Waals surface area contributed by atoms with Gasteiger partial charge in [-0.05, 0) is 47.0 Å². The van der Waals surface area contributed by atoms with E-state index in [4.69, 9.17) is 9.52 Å². The van der Waals surface area contributed by atoms with E-state index in [1.807, 2.05) is 60.7 Å². The fraction of sp³-hybridized carbons (Fsp3) is 0. The molecule has 0 saturated heterocycles. The summed E-state index contributed by atoms with van der Waals surface area (Å²) < 4.78 is 5.87. The molecule has 0 unspecified atom stereocenters. The van der Waals surface area contributed by atoms with Crippen molar-refractivity contribution in [3.8, 4) is 22.6 Å². The van der Waals surface area contributed by atoms with Gasteiger partial charge in [-0.2, -0.15) is 0 Å². The van der Waals surface area contributed by atoms with E-state index in [0.717, 1.165) is 33.8 Å². The number of aromatic nitrogens is 1. The van der Waals surface area contributed by atoms with Crippen LogP contribution in [0.15, 0.2) is 83.3 Å². The molecule has 1 heterocycles. The number of rotatable bonds is 4. The first kappa shape index (κ1) is 15.8. The zero-order valence-corrected chi connectivity index (χ0v) is 13.8. The quantitative estimate of drug-likeness (QED) is 0.514. The summed E-state index contributed by atoms with van der Waals surface area (Å²) in [6, 6.07) is 23.5. The summed E-state index contributed by atoms with van der Waals surface area (Å²) in [5.41, 5.74) is 5.28. The van der Waals surface area contributed by atoms with Gasteiger partial charge in [0, 0.05) is 11.6 Å². The van der Waals surface area contributed by atoms with Gasteiger partial charge in [0.1, 0.15) is 5.52 Å². The predicted octanol–water partition coefficient (Wildman–Crippen LogP) is 5.26. The standard InChI is InChI=1S/C22H15NO3/c24-21(25)12-9-15-5-4-8-18(13-15)22-23-19-14-17(10-11-20(19)26-22)16-6-2-1-3-7-16/h1-14H,(H,24,25). The first-order chi connectivity index (χ1) is 12.7. The summed E-state index contributed by atoms with van der Waals surface area (Å²) in [4.78, 5) is 15.3. The summed E-state index contributed by atoms with van der Waals surface area (Å²) >= 11 is 0. The average molecular weight is 341 g/mol. The van der Waals surface area contributed by atoms with Crippen molar-refractivity contribution in [1.82, 2.24) is 4.98 Å². The second-order valence-electron chi connectivity index (χ2n) is 5.86. The Morgan fingerprint density at radius 2 is 1.69 bits per heavy atom. The summed E-state index contributed by atoms with van der Waals surface area (Å²) in [6.45, 7) is 0. The molecule has 1 aromatic heterocycles. The molecule has 4 nitrogen and oxygen atoms in total. The van der Waals surface area contributed by atoms with E-state index in [1.54, 1.807) is 6.08 Å². The lowest BCUT2D eigenvalue weighted by molar-refractivity contribution is -0.131. The largest absolute Gasteiger partial charge is 0.478 e. The van der Waals surface area contributed by atoms with Crippen LogP contribution in [0.5, 0.6) is 0 Å². The topological polar surface area (TPSA) is 63.3 Å². The molecule has 26 heavy (non-hydrogen) atoms. The highest BCUT2D eigenvalue weighted by Crippen LogP contribution is 2.28. The second kappa shape index (κ2) is 6.69. The van der Waals surface area contributed by atoms with Crippen LogP contribution in [0, 0.1) is 0 Å². The Morgan fingerprint density at radius 3 is 2.50 bits per heavy atom. The molecule has 0 radical (unpaired) electrons. The third-order valence-electron chi connectivity index (χ3n) is 4.05. The van der Waals surface area contributed by atoms with Crippen molar-refractivity contribution < 1.29 is 14.3 Å². The zero-order chi connectivity index (χ0) is 17.9. The zero-order valence-electron chi connectivity index (χ0n) is 13.8. The first-order valence-electron chi connectivity index (χ1n) is 8.16. The van der Waals surface area contributed by atoms with E-state index >= 15 is 0 Å². The van der Waals surface area contributed by atoms with Gasteiger partial charge < -0.3 is 9.52 Å². The number of hydrogen-bond acceptors (Lipinski definition) is 3. The highest BCUT2D eigenvalue weighted by molar-refractivity contribution is 5.86. The molecule has 0 aliphatic carbocycles. The van der Waals surface area contributed by atoms with E-state index in [2.05, 4.69) is 17.1 Å². The van der Waals surface area contributed by atoms with Gasteiger partial charge in [0.15, 0.2) is 5.58 Å². The number of nitrogens with zero attached hydrogens (tertiary/aromatic N) is 1. The van der Waals surface area contributed by atoms with Gasteiger partial charge in [-0.3, -0.25) is 0 Å². The first-order valence-corrected chi connectivity index (χ1v) is 8.16. The highest BCUT2D eigenvalue weighted by Gasteiger charge is 2.10. The van der Waals surface area contributed by atoms with Crippen molar-refractivity contribution in [2.24, 2.45) is 0 Å². The predicted molar refractivity (Wildman–Crippen MR) is 102 cm³/mol. The van der Waals surface area contributed by atoms with E-state index in [9.17, 15) is 4.79 Å². The van der Waals surface area contributed by atoms with Crippen LogP contribution in [0.2, 0.25) is 0 Å². The van der Waals surface area contributed by atoms with Crippen LogP contribution in [0.3, 0.4) is 0 Å². The van der Waals surface area contributed by atoms with Crippen molar-refractivity contribution in [2.75, 3.05) is 0 Å². The Bertz CT molecular complexity index is 1110. The SMILES string of the molecule is O=C(O)C=Cc1cccc(-c2nc3cc(-c4ccccc4)ccc3o2)c1. The third-order valence-corrected chi connectivity index (χ3v) is 4.05. The Kier molecular flexibility index (Phi) is 4.07. The molecule has 3 aromatic carbocycles. The minimum absolute atomic E-state index is 0.510. The molecule has 1 N–H and O–H groups in total. The van der Waals surface area contributed by atoms with Gasteiger partial charge in [-0.25, -0.2) is 9.78 Å². The number of oxazole rings is 1. The van der Waals surface area contributed by atoms with Gasteiger partial charge in [0.25, 0.3) is 0 Å². The van der Waals surface area contributed by atoms with E-state index < -0.39 is 5.97 Å². The smallest absolute Gasteiger partial charge is 0.328 e. The number of fused-ring (bicyclic) bond motifs is 1. The van der Waals surface area contributed by atoms with Gasteiger partial charge in [-0.15, -0.1) is 0 Å². The molecule has 4 aromatic rings. The van der Waals surface area contributed by atoms with Crippen LogP contribution in [0.4, 0.5) is 0 Å². The Labute approximate surface area is 150 Å². The number of carboxylic acid groups (broad SMARTS) is 1. The number of hydrogen-bond donors (Lipinski definition) is 1. The van der Waals surface area contributed by atoms with Crippen LogP contribution in [-0.2, 0) is 4.79 Å². The molecule has 0 spiro atoms. The molecular weight excluding hydrogens is 326 g/mol. The lowest BCUT2D eigenvalue weighted by atomic mass is 10.1.